The molecule has 0 bridgehead atoms. The molecule has 0 amide bonds. The van der Waals surface area contributed by atoms with Gasteiger partial charge in [0.05, 0.1) is 4.90 Å². The van der Waals surface area contributed by atoms with Crippen molar-refractivity contribution >= 4 is 10.0 Å². The lowest BCUT2D eigenvalue weighted by Crippen LogP contribution is -2.43. The number of hydrogen-bond donors (Lipinski definition) is 1. The fourth-order valence-corrected chi connectivity index (χ4v) is 5.23. The molecule has 2 aliphatic rings. The minimum absolute atomic E-state index is 0.314. The molecule has 1 heterocycles. The largest absolute Gasteiger partial charge is 0.304 e. The van der Waals surface area contributed by atoms with E-state index >= 15 is 0 Å². The Balaban J connectivity index is 1.34. The first-order valence-electron chi connectivity index (χ1n) is 10.6. The molecule has 0 aromatic heterocycles. The SMILES string of the molecule is CN1CCN(Cc2ccc(CNS(=O)(=O)c3ccc4c(c3)CCCC4)cc2)CC1. The highest BCUT2D eigenvalue weighted by molar-refractivity contribution is 7.89. The van der Waals surface area contributed by atoms with Crippen LogP contribution in [0.3, 0.4) is 0 Å². The molecule has 2 aromatic carbocycles. The van der Waals surface area contributed by atoms with Gasteiger partial charge in [0.1, 0.15) is 0 Å². The summed E-state index contributed by atoms with van der Waals surface area (Å²) in [4.78, 5) is 5.20. The first kappa shape index (κ1) is 20.5. The number of hydrogen-bond acceptors (Lipinski definition) is 4. The summed E-state index contributed by atoms with van der Waals surface area (Å²) >= 11 is 0. The quantitative estimate of drug-likeness (QED) is 0.791. The van der Waals surface area contributed by atoms with Crippen molar-refractivity contribution in [1.82, 2.24) is 14.5 Å². The molecule has 1 saturated heterocycles. The van der Waals surface area contributed by atoms with Gasteiger partial charge in [0.15, 0.2) is 0 Å². The molecule has 0 radical (unpaired) electrons. The zero-order chi connectivity index (χ0) is 20.3. The first-order valence-corrected chi connectivity index (χ1v) is 12.1. The maximum Gasteiger partial charge on any atom is 0.240 e. The van der Waals surface area contributed by atoms with Gasteiger partial charge < -0.3 is 4.90 Å². The lowest BCUT2D eigenvalue weighted by atomic mass is 9.92. The highest BCUT2D eigenvalue weighted by Gasteiger charge is 2.18. The van der Waals surface area contributed by atoms with Crippen LogP contribution in [0.25, 0.3) is 0 Å². The minimum atomic E-state index is -3.49. The Morgan fingerprint density at radius 3 is 2.24 bits per heavy atom. The van der Waals surface area contributed by atoms with Gasteiger partial charge in [-0.15, -0.1) is 0 Å². The van der Waals surface area contributed by atoms with Crippen LogP contribution in [0.1, 0.15) is 35.1 Å². The Bertz CT molecular complexity index is 933. The fraction of sp³-hybridized carbons (Fsp3) is 0.478. The topological polar surface area (TPSA) is 52.6 Å². The summed E-state index contributed by atoms with van der Waals surface area (Å²) in [6.07, 6.45) is 4.38. The monoisotopic (exact) mass is 413 g/mol. The van der Waals surface area contributed by atoms with Crippen LogP contribution in [0.4, 0.5) is 0 Å². The van der Waals surface area contributed by atoms with Crippen molar-refractivity contribution in [1.29, 1.82) is 0 Å². The van der Waals surface area contributed by atoms with Crippen molar-refractivity contribution in [3.05, 3.63) is 64.7 Å². The van der Waals surface area contributed by atoms with Gasteiger partial charge in [-0.05, 0) is 67.1 Å². The van der Waals surface area contributed by atoms with Gasteiger partial charge in [-0.3, -0.25) is 4.90 Å². The molecule has 0 unspecified atom stereocenters. The predicted molar refractivity (Wildman–Crippen MR) is 116 cm³/mol. The molecule has 0 atom stereocenters. The summed E-state index contributed by atoms with van der Waals surface area (Å²) in [7, 11) is -1.33. The third-order valence-electron chi connectivity index (χ3n) is 6.12. The van der Waals surface area contributed by atoms with E-state index in [9.17, 15) is 8.42 Å². The smallest absolute Gasteiger partial charge is 0.240 e. The Morgan fingerprint density at radius 2 is 1.52 bits per heavy atom. The van der Waals surface area contributed by atoms with Crippen LogP contribution in [0.5, 0.6) is 0 Å². The number of fused-ring (bicyclic) bond motifs is 1. The molecule has 1 aliphatic carbocycles. The van der Waals surface area contributed by atoms with Crippen LogP contribution < -0.4 is 4.72 Å². The molecular weight excluding hydrogens is 382 g/mol. The molecule has 0 saturated carbocycles. The summed E-state index contributed by atoms with van der Waals surface area (Å²) in [5.41, 5.74) is 4.74. The molecule has 2 aromatic rings. The molecule has 6 heteroatoms. The van der Waals surface area contributed by atoms with E-state index in [1.165, 1.54) is 23.1 Å². The van der Waals surface area contributed by atoms with E-state index in [-0.39, 0.29) is 0 Å². The van der Waals surface area contributed by atoms with Crippen molar-refractivity contribution in [3.63, 3.8) is 0 Å². The summed E-state index contributed by atoms with van der Waals surface area (Å²) in [6.45, 7) is 5.69. The molecule has 1 N–H and O–H groups in total. The van der Waals surface area contributed by atoms with E-state index in [1.54, 1.807) is 6.07 Å². The van der Waals surface area contributed by atoms with Crippen molar-refractivity contribution in [2.45, 2.75) is 43.7 Å². The highest BCUT2D eigenvalue weighted by Crippen LogP contribution is 2.24. The van der Waals surface area contributed by atoms with Crippen LogP contribution in [-0.2, 0) is 36.0 Å². The Kier molecular flexibility index (Phi) is 6.35. The standard InChI is InChI=1S/C23H31N3O2S/c1-25-12-14-26(15-13-25)18-20-8-6-19(7-9-20)17-24-29(27,28)23-11-10-21-4-2-3-5-22(21)16-23/h6-11,16,24H,2-5,12-15,17-18H2,1H3. The predicted octanol–water partition coefficient (Wildman–Crippen LogP) is 2.79. The van der Waals surface area contributed by atoms with Gasteiger partial charge in [0.2, 0.25) is 10.0 Å². The van der Waals surface area contributed by atoms with E-state index in [4.69, 9.17) is 0 Å². The van der Waals surface area contributed by atoms with Crippen molar-refractivity contribution in [2.75, 3.05) is 33.2 Å². The van der Waals surface area contributed by atoms with Gasteiger partial charge >= 0.3 is 0 Å². The second-order valence-corrected chi connectivity index (χ2v) is 10.1. The molecule has 1 aliphatic heterocycles. The van der Waals surface area contributed by atoms with Crippen molar-refractivity contribution in [3.8, 4) is 0 Å². The van der Waals surface area contributed by atoms with Crippen molar-refractivity contribution < 1.29 is 8.42 Å². The lowest BCUT2D eigenvalue weighted by molar-refractivity contribution is 0.148. The van der Waals surface area contributed by atoms with E-state index in [0.29, 0.717) is 11.4 Å². The van der Waals surface area contributed by atoms with E-state index in [0.717, 1.165) is 57.5 Å². The third-order valence-corrected chi connectivity index (χ3v) is 7.52. The van der Waals surface area contributed by atoms with Gasteiger partial charge in [0.25, 0.3) is 0 Å². The van der Waals surface area contributed by atoms with Gasteiger partial charge in [0, 0.05) is 39.3 Å². The zero-order valence-corrected chi connectivity index (χ0v) is 18.0. The number of nitrogens with zero attached hydrogens (tertiary/aromatic N) is 2. The second-order valence-electron chi connectivity index (χ2n) is 8.36. The number of benzene rings is 2. The average molecular weight is 414 g/mol. The summed E-state index contributed by atoms with van der Waals surface area (Å²) < 4.78 is 28.2. The van der Waals surface area contributed by atoms with E-state index in [2.05, 4.69) is 33.7 Å². The Labute approximate surface area is 174 Å². The van der Waals surface area contributed by atoms with E-state index in [1.807, 2.05) is 24.3 Å². The van der Waals surface area contributed by atoms with Crippen molar-refractivity contribution in [2.24, 2.45) is 0 Å². The Morgan fingerprint density at radius 1 is 0.862 bits per heavy atom. The van der Waals surface area contributed by atoms with Gasteiger partial charge in [-0.25, -0.2) is 13.1 Å². The van der Waals surface area contributed by atoms with Crippen LogP contribution in [0.2, 0.25) is 0 Å². The summed E-state index contributed by atoms with van der Waals surface area (Å²) in [5, 5.41) is 0. The van der Waals surface area contributed by atoms with Crippen LogP contribution >= 0.6 is 0 Å². The lowest BCUT2D eigenvalue weighted by Gasteiger charge is -2.32. The van der Waals surface area contributed by atoms with E-state index < -0.39 is 10.0 Å². The number of sulfonamides is 1. The molecule has 0 spiro atoms. The molecule has 5 nitrogen and oxygen atoms in total. The fourth-order valence-electron chi connectivity index (χ4n) is 4.17. The maximum atomic E-state index is 12.7. The average Bonchev–Trinajstić information content (AvgIpc) is 2.74. The molecule has 156 valence electrons. The highest BCUT2D eigenvalue weighted by atomic mass is 32.2. The van der Waals surface area contributed by atoms with Crippen LogP contribution in [0.15, 0.2) is 47.4 Å². The number of likely N-dealkylation sites (N-methyl/N-ethyl adjacent to an activating group) is 1. The minimum Gasteiger partial charge on any atom is -0.304 e. The summed E-state index contributed by atoms with van der Waals surface area (Å²) in [6, 6.07) is 13.9. The van der Waals surface area contributed by atoms with Crippen LogP contribution in [0, 0.1) is 0 Å². The molecular formula is C23H31N3O2S. The van der Waals surface area contributed by atoms with Gasteiger partial charge in [-0.2, -0.15) is 0 Å². The third kappa shape index (κ3) is 5.25. The Hall–Kier alpha value is -1.73. The molecule has 29 heavy (non-hydrogen) atoms. The number of nitrogens with one attached hydrogen (secondary N) is 1. The zero-order valence-electron chi connectivity index (χ0n) is 17.2. The maximum absolute atomic E-state index is 12.7. The van der Waals surface area contributed by atoms with Gasteiger partial charge in [-0.1, -0.05) is 30.3 Å². The van der Waals surface area contributed by atoms with Crippen LogP contribution in [-0.4, -0.2) is 51.4 Å². The first-order chi connectivity index (χ1) is 14.0. The second kappa shape index (κ2) is 8.96. The number of rotatable bonds is 6. The number of piperazine rings is 1. The number of aryl methyl sites for hydroxylation is 2. The normalized spacial score (nSPS) is 18.5. The molecule has 4 rings (SSSR count). The molecule has 1 fully saturated rings. The summed E-state index contributed by atoms with van der Waals surface area (Å²) in [5.74, 6) is 0.